The first kappa shape index (κ1) is 13.4. The fourth-order valence-electron chi connectivity index (χ4n) is 1.45. The molecule has 0 aliphatic rings. The Kier molecular flexibility index (Phi) is 3.63. The van der Waals surface area contributed by atoms with E-state index in [0.717, 1.165) is 10.9 Å². The van der Waals surface area contributed by atoms with Gasteiger partial charge >= 0.3 is 6.18 Å². The van der Waals surface area contributed by atoms with Crippen molar-refractivity contribution < 1.29 is 13.2 Å². The molecule has 0 unspecified atom stereocenters. The lowest BCUT2D eigenvalue weighted by atomic mass is 10.2. The number of hydrogen-bond acceptors (Lipinski definition) is 2. The van der Waals surface area contributed by atoms with Gasteiger partial charge in [-0.05, 0) is 28.1 Å². The Hall–Kier alpha value is -1.08. The van der Waals surface area contributed by atoms with Gasteiger partial charge in [0.05, 0.1) is 12.1 Å². The van der Waals surface area contributed by atoms with Crippen LogP contribution in [0.5, 0.6) is 0 Å². The maximum atomic E-state index is 12.9. The summed E-state index contributed by atoms with van der Waals surface area (Å²) in [6.45, 7) is 0. The van der Waals surface area contributed by atoms with Crippen molar-refractivity contribution in [2.75, 3.05) is 0 Å². The van der Waals surface area contributed by atoms with Gasteiger partial charge in [-0.3, -0.25) is 0 Å². The molecule has 0 fully saturated rings. The van der Waals surface area contributed by atoms with Crippen LogP contribution in [0.25, 0.3) is 5.82 Å². The zero-order valence-corrected chi connectivity index (χ0v) is 11.1. The molecule has 2 aromatic rings. The molecule has 2 rings (SSSR count). The van der Waals surface area contributed by atoms with Gasteiger partial charge in [-0.25, -0.2) is 9.67 Å². The van der Waals surface area contributed by atoms with Gasteiger partial charge in [0.25, 0.3) is 0 Å². The summed E-state index contributed by atoms with van der Waals surface area (Å²) in [5.41, 5.74) is -0.971. The molecule has 2 aromatic heterocycles. The first-order chi connectivity index (χ1) is 8.43. The Balaban J connectivity index is 2.58. The van der Waals surface area contributed by atoms with Gasteiger partial charge in [-0.15, -0.1) is 11.6 Å². The maximum absolute atomic E-state index is 12.9. The minimum absolute atomic E-state index is 0.0751. The molecule has 0 bridgehead atoms. The molecule has 0 aliphatic carbocycles. The lowest BCUT2D eigenvalue weighted by molar-refractivity contribution is -0.143. The van der Waals surface area contributed by atoms with E-state index in [-0.39, 0.29) is 17.3 Å². The largest absolute Gasteiger partial charge is 0.433 e. The van der Waals surface area contributed by atoms with E-state index in [1.54, 1.807) is 6.07 Å². The van der Waals surface area contributed by atoms with E-state index in [1.165, 1.54) is 12.3 Å². The molecule has 0 N–H and O–H groups in total. The summed E-state index contributed by atoms with van der Waals surface area (Å²) in [6.07, 6.45) is -2.04. The van der Waals surface area contributed by atoms with E-state index >= 15 is 0 Å². The van der Waals surface area contributed by atoms with Crippen LogP contribution in [0, 0.1) is 0 Å². The predicted molar refractivity (Wildman–Crippen MR) is 63.6 cm³/mol. The van der Waals surface area contributed by atoms with Crippen LogP contribution in [-0.4, -0.2) is 14.8 Å². The molecule has 0 atom stereocenters. The molecule has 0 aromatic carbocycles. The van der Waals surface area contributed by atoms with Crippen LogP contribution in [0.3, 0.4) is 0 Å². The average Bonchev–Trinajstić information content (AvgIpc) is 2.73. The fraction of sp³-hybridized carbons (Fsp3) is 0.200. The van der Waals surface area contributed by atoms with E-state index in [0.29, 0.717) is 4.47 Å². The smallest absolute Gasteiger partial charge is 0.236 e. The van der Waals surface area contributed by atoms with Crippen molar-refractivity contribution in [3.05, 3.63) is 40.3 Å². The van der Waals surface area contributed by atoms with Crippen molar-refractivity contribution in [1.29, 1.82) is 0 Å². The van der Waals surface area contributed by atoms with Crippen LogP contribution in [-0.2, 0) is 12.1 Å². The number of pyridine rings is 1. The Morgan fingerprint density at radius 1 is 1.28 bits per heavy atom. The van der Waals surface area contributed by atoms with Crippen LogP contribution in [0.2, 0.25) is 0 Å². The molecular formula is C10H6BrClF3N3. The molecule has 8 heteroatoms. The predicted octanol–water partition coefficient (Wildman–Crippen LogP) is 3.79. The number of nitrogens with zero attached hydrogens (tertiary/aromatic N) is 3. The van der Waals surface area contributed by atoms with E-state index in [2.05, 4.69) is 26.0 Å². The van der Waals surface area contributed by atoms with Crippen LogP contribution in [0.4, 0.5) is 13.2 Å². The Labute approximate surface area is 114 Å². The van der Waals surface area contributed by atoms with Gasteiger partial charge in [0.1, 0.15) is 0 Å². The van der Waals surface area contributed by atoms with E-state index in [4.69, 9.17) is 11.6 Å². The summed E-state index contributed by atoms with van der Waals surface area (Å²) >= 11 is 8.64. The van der Waals surface area contributed by atoms with Crippen molar-refractivity contribution in [3.8, 4) is 5.82 Å². The standard InChI is InChI=1S/C10H6BrClF3N3/c11-7-1-2-8(16-5-7)18-9(10(13,14)15)6(3-12)4-17-18/h1-2,4-5H,3H2. The van der Waals surface area contributed by atoms with Crippen LogP contribution in [0.1, 0.15) is 11.3 Å². The molecule has 0 spiro atoms. The third kappa shape index (κ3) is 2.51. The third-order valence-corrected chi connectivity index (χ3v) is 2.94. The van der Waals surface area contributed by atoms with Crippen LogP contribution < -0.4 is 0 Å². The molecule has 2 heterocycles. The molecule has 0 radical (unpaired) electrons. The van der Waals surface area contributed by atoms with Crippen molar-refractivity contribution in [1.82, 2.24) is 14.8 Å². The number of aromatic nitrogens is 3. The molecule has 0 saturated carbocycles. The van der Waals surface area contributed by atoms with Gasteiger partial charge in [-0.1, -0.05) is 0 Å². The minimum atomic E-state index is -4.53. The highest BCUT2D eigenvalue weighted by Gasteiger charge is 2.38. The van der Waals surface area contributed by atoms with Crippen LogP contribution >= 0.6 is 27.5 Å². The van der Waals surface area contributed by atoms with Gasteiger partial charge in [-0.2, -0.15) is 18.3 Å². The van der Waals surface area contributed by atoms with Crippen molar-refractivity contribution in [3.63, 3.8) is 0 Å². The average molecular weight is 341 g/mol. The van der Waals surface area contributed by atoms with Crippen molar-refractivity contribution in [2.45, 2.75) is 12.1 Å². The molecule has 0 saturated heterocycles. The summed E-state index contributed by atoms with van der Waals surface area (Å²) in [5.74, 6) is -0.173. The quantitative estimate of drug-likeness (QED) is 0.779. The fourth-order valence-corrected chi connectivity index (χ4v) is 1.88. The third-order valence-electron chi connectivity index (χ3n) is 2.19. The topological polar surface area (TPSA) is 30.7 Å². The lowest BCUT2D eigenvalue weighted by Crippen LogP contribution is -2.15. The normalized spacial score (nSPS) is 11.8. The monoisotopic (exact) mass is 339 g/mol. The van der Waals surface area contributed by atoms with Gasteiger partial charge in [0, 0.05) is 16.2 Å². The van der Waals surface area contributed by atoms with Crippen LogP contribution in [0.15, 0.2) is 29.0 Å². The lowest BCUT2D eigenvalue weighted by Gasteiger charge is -2.11. The van der Waals surface area contributed by atoms with Gasteiger partial charge in [0.15, 0.2) is 11.5 Å². The molecule has 18 heavy (non-hydrogen) atoms. The highest BCUT2D eigenvalue weighted by atomic mass is 79.9. The van der Waals surface area contributed by atoms with E-state index in [9.17, 15) is 13.2 Å². The zero-order chi connectivity index (χ0) is 13.3. The second-order valence-electron chi connectivity index (χ2n) is 3.40. The van der Waals surface area contributed by atoms with E-state index in [1.807, 2.05) is 0 Å². The first-order valence-corrected chi connectivity index (χ1v) is 6.08. The minimum Gasteiger partial charge on any atom is -0.236 e. The second-order valence-corrected chi connectivity index (χ2v) is 4.58. The Bertz CT molecular complexity index is 550. The number of rotatable bonds is 2. The number of hydrogen-bond donors (Lipinski definition) is 0. The molecule has 0 aliphatic heterocycles. The number of halogens is 5. The Morgan fingerprint density at radius 2 is 2.00 bits per heavy atom. The Morgan fingerprint density at radius 3 is 2.50 bits per heavy atom. The summed E-state index contributed by atoms with van der Waals surface area (Å²) in [7, 11) is 0. The first-order valence-electron chi connectivity index (χ1n) is 4.75. The highest BCUT2D eigenvalue weighted by molar-refractivity contribution is 9.10. The summed E-state index contributed by atoms with van der Waals surface area (Å²) in [6, 6.07) is 3.02. The molecular weight excluding hydrogens is 334 g/mol. The molecule has 3 nitrogen and oxygen atoms in total. The maximum Gasteiger partial charge on any atom is 0.433 e. The molecule has 96 valence electrons. The summed E-state index contributed by atoms with van der Waals surface area (Å²) in [4.78, 5) is 3.88. The second kappa shape index (κ2) is 4.89. The zero-order valence-electron chi connectivity index (χ0n) is 8.75. The summed E-state index contributed by atoms with van der Waals surface area (Å²) in [5, 5.41) is 3.69. The molecule has 0 amide bonds. The highest BCUT2D eigenvalue weighted by Crippen LogP contribution is 2.33. The van der Waals surface area contributed by atoms with Gasteiger partial charge < -0.3 is 0 Å². The van der Waals surface area contributed by atoms with Gasteiger partial charge in [0.2, 0.25) is 0 Å². The summed E-state index contributed by atoms with van der Waals surface area (Å²) < 4.78 is 40.2. The van der Waals surface area contributed by atoms with Crippen molar-refractivity contribution >= 4 is 27.5 Å². The number of alkyl halides is 4. The van der Waals surface area contributed by atoms with E-state index < -0.39 is 11.9 Å². The van der Waals surface area contributed by atoms with Crippen molar-refractivity contribution in [2.24, 2.45) is 0 Å². The SMILES string of the molecule is FC(F)(F)c1c(CCl)cnn1-c1ccc(Br)cn1.